The van der Waals surface area contributed by atoms with E-state index in [2.05, 4.69) is 19.2 Å². The molecule has 0 aromatic heterocycles. The summed E-state index contributed by atoms with van der Waals surface area (Å²) in [5.74, 6) is -0.0752. The van der Waals surface area contributed by atoms with Gasteiger partial charge in [-0.3, -0.25) is 0 Å². The fourth-order valence-electron chi connectivity index (χ4n) is 2.73. The van der Waals surface area contributed by atoms with E-state index in [1.54, 1.807) is 12.1 Å². The monoisotopic (exact) mass is 376 g/mol. The molecular weight excluding hydrogens is 352 g/mol. The average Bonchev–Trinajstić information content (AvgIpc) is 2.53. The quantitative estimate of drug-likeness (QED) is 0.680. The van der Waals surface area contributed by atoms with Crippen molar-refractivity contribution in [2.24, 2.45) is 0 Å². The minimum atomic E-state index is -0.985. The van der Waals surface area contributed by atoms with Gasteiger partial charge in [-0.2, -0.15) is 0 Å². The number of benzene rings is 2. The Hall–Kier alpha value is -2.40. The summed E-state index contributed by atoms with van der Waals surface area (Å²) in [5, 5.41) is 13.3. The first-order valence-corrected chi connectivity index (χ1v) is 8.90. The van der Waals surface area contributed by atoms with E-state index < -0.39 is 5.97 Å². The van der Waals surface area contributed by atoms with Crippen molar-refractivity contribution in [2.75, 3.05) is 30.9 Å². The van der Waals surface area contributed by atoms with Gasteiger partial charge in [0.1, 0.15) is 5.75 Å². The molecule has 0 heterocycles. The van der Waals surface area contributed by atoms with Crippen LogP contribution in [0.15, 0.2) is 30.3 Å². The Morgan fingerprint density at radius 3 is 2.46 bits per heavy atom. The van der Waals surface area contributed by atoms with Crippen LogP contribution in [-0.2, 0) is 0 Å². The number of carboxylic acids is 1. The second-order valence-electron chi connectivity index (χ2n) is 6.52. The van der Waals surface area contributed by atoms with Crippen molar-refractivity contribution in [3.05, 3.63) is 46.5 Å². The zero-order chi connectivity index (χ0) is 19.4. The maximum Gasteiger partial charge on any atom is 0.337 e. The van der Waals surface area contributed by atoms with E-state index in [-0.39, 0.29) is 11.5 Å². The fourth-order valence-corrected chi connectivity index (χ4v) is 3.11. The van der Waals surface area contributed by atoms with Gasteiger partial charge in [-0.1, -0.05) is 31.5 Å². The molecule has 0 saturated carbocycles. The Labute approximate surface area is 159 Å². The number of nitrogens with zero attached hydrogens (tertiary/aromatic N) is 1. The topological polar surface area (TPSA) is 61.8 Å². The SMILES string of the molecule is CCOc1cc(Cl)c(N(C)C)c(Nc2cc(C(C)C)ccc2C(=O)O)c1. The summed E-state index contributed by atoms with van der Waals surface area (Å²) >= 11 is 6.44. The summed E-state index contributed by atoms with van der Waals surface area (Å²) < 4.78 is 5.58. The summed E-state index contributed by atoms with van der Waals surface area (Å²) in [4.78, 5) is 13.5. The van der Waals surface area contributed by atoms with Crippen molar-refractivity contribution in [1.82, 2.24) is 0 Å². The van der Waals surface area contributed by atoms with Gasteiger partial charge in [0.05, 0.1) is 34.3 Å². The van der Waals surface area contributed by atoms with Crippen LogP contribution in [0.1, 0.15) is 42.6 Å². The lowest BCUT2D eigenvalue weighted by Crippen LogP contribution is -2.13. The predicted molar refractivity (Wildman–Crippen MR) is 108 cm³/mol. The lowest BCUT2D eigenvalue weighted by atomic mass is 10.00. The highest BCUT2D eigenvalue weighted by Crippen LogP contribution is 2.39. The van der Waals surface area contributed by atoms with Gasteiger partial charge < -0.3 is 20.1 Å². The highest BCUT2D eigenvalue weighted by molar-refractivity contribution is 6.34. The molecule has 0 amide bonds. The highest BCUT2D eigenvalue weighted by atomic mass is 35.5. The number of carbonyl (C=O) groups is 1. The third-order valence-corrected chi connectivity index (χ3v) is 4.29. The van der Waals surface area contributed by atoms with E-state index in [1.165, 1.54) is 0 Å². The number of nitrogens with one attached hydrogen (secondary N) is 1. The molecule has 0 aliphatic carbocycles. The zero-order valence-corrected chi connectivity index (χ0v) is 16.5. The van der Waals surface area contributed by atoms with Gasteiger partial charge in [-0.05, 0) is 30.5 Å². The smallest absolute Gasteiger partial charge is 0.337 e. The number of halogens is 1. The molecule has 0 fully saturated rings. The molecule has 0 spiro atoms. The van der Waals surface area contributed by atoms with Gasteiger partial charge in [0.25, 0.3) is 0 Å². The van der Waals surface area contributed by atoms with E-state index in [0.29, 0.717) is 28.8 Å². The van der Waals surface area contributed by atoms with Crippen LogP contribution in [0.3, 0.4) is 0 Å². The average molecular weight is 377 g/mol. The van der Waals surface area contributed by atoms with Crippen molar-refractivity contribution in [1.29, 1.82) is 0 Å². The van der Waals surface area contributed by atoms with Gasteiger partial charge in [0, 0.05) is 26.2 Å². The number of ether oxygens (including phenoxy) is 1. The maximum atomic E-state index is 11.6. The van der Waals surface area contributed by atoms with E-state index in [0.717, 1.165) is 11.3 Å². The van der Waals surface area contributed by atoms with E-state index >= 15 is 0 Å². The van der Waals surface area contributed by atoms with Crippen molar-refractivity contribution in [3.63, 3.8) is 0 Å². The van der Waals surface area contributed by atoms with E-state index in [9.17, 15) is 9.90 Å². The Bertz CT molecular complexity index is 804. The van der Waals surface area contributed by atoms with Crippen molar-refractivity contribution in [3.8, 4) is 5.75 Å². The maximum absolute atomic E-state index is 11.6. The normalized spacial score (nSPS) is 10.7. The molecular formula is C20H25ClN2O3. The molecule has 0 aliphatic rings. The molecule has 2 aromatic carbocycles. The van der Waals surface area contributed by atoms with Crippen LogP contribution in [0.4, 0.5) is 17.1 Å². The largest absolute Gasteiger partial charge is 0.494 e. The minimum Gasteiger partial charge on any atom is -0.494 e. The number of hydrogen-bond acceptors (Lipinski definition) is 4. The number of anilines is 3. The molecule has 6 heteroatoms. The molecule has 0 saturated heterocycles. The van der Waals surface area contributed by atoms with Crippen molar-refractivity contribution < 1.29 is 14.6 Å². The van der Waals surface area contributed by atoms with Gasteiger partial charge in [-0.25, -0.2) is 4.79 Å². The third-order valence-electron chi connectivity index (χ3n) is 4.01. The van der Waals surface area contributed by atoms with Crippen LogP contribution in [0.2, 0.25) is 5.02 Å². The second-order valence-corrected chi connectivity index (χ2v) is 6.93. The molecule has 140 valence electrons. The highest BCUT2D eigenvalue weighted by Gasteiger charge is 2.17. The van der Waals surface area contributed by atoms with Crippen molar-refractivity contribution in [2.45, 2.75) is 26.7 Å². The summed E-state index contributed by atoms with van der Waals surface area (Å²) in [5.41, 5.74) is 3.24. The standard InChI is InChI=1S/C20H25ClN2O3/c1-6-26-14-10-16(21)19(23(4)5)18(11-14)22-17-9-13(12(2)3)7-8-15(17)20(24)25/h7-12,22H,6H2,1-5H3,(H,24,25). The zero-order valence-electron chi connectivity index (χ0n) is 15.8. The number of aromatic carboxylic acids is 1. The molecule has 2 rings (SSSR count). The first-order chi connectivity index (χ1) is 12.2. The molecule has 26 heavy (non-hydrogen) atoms. The van der Waals surface area contributed by atoms with Crippen LogP contribution in [0, 0.1) is 0 Å². The molecule has 2 N–H and O–H groups in total. The molecule has 0 unspecified atom stereocenters. The van der Waals surface area contributed by atoms with Crippen LogP contribution < -0.4 is 15.0 Å². The number of hydrogen-bond donors (Lipinski definition) is 2. The molecule has 2 aromatic rings. The van der Waals surface area contributed by atoms with Gasteiger partial charge in [0.2, 0.25) is 0 Å². The van der Waals surface area contributed by atoms with Crippen LogP contribution in [0.25, 0.3) is 0 Å². The molecule has 5 nitrogen and oxygen atoms in total. The van der Waals surface area contributed by atoms with Crippen LogP contribution in [0.5, 0.6) is 5.75 Å². The first-order valence-electron chi connectivity index (χ1n) is 8.52. The Morgan fingerprint density at radius 1 is 1.23 bits per heavy atom. The predicted octanol–water partition coefficient (Wildman–Crippen LogP) is 5.37. The molecule has 0 radical (unpaired) electrons. The van der Waals surface area contributed by atoms with Crippen LogP contribution in [-0.4, -0.2) is 31.8 Å². The summed E-state index contributed by atoms with van der Waals surface area (Å²) in [7, 11) is 3.77. The summed E-state index contributed by atoms with van der Waals surface area (Å²) in [6.07, 6.45) is 0. The fraction of sp³-hybridized carbons (Fsp3) is 0.350. The third kappa shape index (κ3) is 4.41. The van der Waals surface area contributed by atoms with E-state index in [1.807, 2.05) is 44.1 Å². The molecule has 0 atom stereocenters. The number of rotatable bonds is 7. The number of carboxylic acid groups (broad SMARTS) is 1. The van der Waals surface area contributed by atoms with Gasteiger partial charge in [-0.15, -0.1) is 0 Å². The Morgan fingerprint density at radius 2 is 1.92 bits per heavy atom. The second kappa shape index (κ2) is 8.32. The first kappa shape index (κ1) is 19.9. The Balaban J connectivity index is 2.59. The summed E-state index contributed by atoms with van der Waals surface area (Å²) in [6.45, 7) is 6.55. The molecule has 0 bridgehead atoms. The minimum absolute atomic E-state index is 0.206. The lowest BCUT2D eigenvalue weighted by Gasteiger charge is -2.22. The van der Waals surface area contributed by atoms with E-state index in [4.69, 9.17) is 16.3 Å². The van der Waals surface area contributed by atoms with Crippen LogP contribution >= 0.6 is 11.6 Å². The molecule has 0 aliphatic heterocycles. The van der Waals surface area contributed by atoms with Gasteiger partial charge >= 0.3 is 5.97 Å². The summed E-state index contributed by atoms with van der Waals surface area (Å²) in [6, 6.07) is 8.93. The Kier molecular flexibility index (Phi) is 6.37. The lowest BCUT2D eigenvalue weighted by molar-refractivity contribution is 0.0698. The van der Waals surface area contributed by atoms with Crippen molar-refractivity contribution >= 4 is 34.6 Å². The van der Waals surface area contributed by atoms with Gasteiger partial charge in [0.15, 0.2) is 0 Å².